The second-order valence-corrected chi connectivity index (χ2v) is 4.30. The Kier molecular flexibility index (Phi) is 7.27. The highest BCUT2D eigenvalue weighted by molar-refractivity contribution is 5.96. The van der Waals surface area contributed by atoms with Gasteiger partial charge in [-0.25, -0.2) is 0 Å². The molecule has 5 N–H and O–H groups in total. The van der Waals surface area contributed by atoms with Gasteiger partial charge in [-0.05, 0) is 17.7 Å². The molecule has 0 amide bonds. The minimum Gasteiger partial charge on any atom is -0.454 e. The van der Waals surface area contributed by atoms with Crippen molar-refractivity contribution >= 4 is 24.3 Å². The van der Waals surface area contributed by atoms with Crippen molar-refractivity contribution in [1.29, 1.82) is 5.41 Å². The van der Waals surface area contributed by atoms with Gasteiger partial charge in [0.1, 0.15) is 0 Å². The minimum atomic E-state index is -0.177. The molecule has 1 heterocycles. The third-order valence-electron chi connectivity index (χ3n) is 2.72. The monoisotopic (exact) mass is 329 g/mol. The van der Waals surface area contributed by atoms with Gasteiger partial charge < -0.3 is 25.3 Å². The number of nitrogens with two attached hydrogens (primary N) is 1. The normalized spacial score (nSPS) is 12.5. The van der Waals surface area contributed by atoms with Gasteiger partial charge >= 0.3 is 0 Å². The lowest BCUT2D eigenvalue weighted by Crippen LogP contribution is -2.44. The summed E-state index contributed by atoms with van der Waals surface area (Å²) in [6.45, 7) is 1.74. The Balaban J connectivity index is 0.00000242. The summed E-state index contributed by atoms with van der Waals surface area (Å²) in [6.07, 6.45) is 0. The van der Waals surface area contributed by atoms with Crippen LogP contribution in [-0.2, 0) is 11.3 Å². The van der Waals surface area contributed by atoms with E-state index in [9.17, 15) is 0 Å². The highest BCUT2D eigenvalue weighted by Gasteiger charge is 2.13. The van der Waals surface area contributed by atoms with Crippen molar-refractivity contribution in [2.45, 2.75) is 6.54 Å². The molecule has 22 heavy (non-hydrogen) atoms. The van der Waals surface area contributed by atoms with Crippen molar-refractivity contribution in [1.82, 2.24) is 10.6 Å². The zero-order chi connectivity index (χ0) is 15.1. The third-order valence-corrected chi connectivity index (χ3v) is 2.72. The summed E-state index contributed by atoms with van der Waals surface area (Å²) in [5, 5.41) is 13.0. The fraction of sp³-hybridized carbons (Fsp3) is 0.385. The molecule has 1 aromatic carbocycles. The summed E-state index contributed by atoms with van der Waals surface area (Å²) >= 11 is 0. The largest absolute Gasteiger partial charge is 0.454 e. The van der Waals surface area contributed by atoms with Crippen LogP contribution in [0, 0.1) is 5.41 Å². The number of rotatable bonds is 5. The van der Waals surface area contributed by atoms with E-state index in [1.54, 1.807) is 7.11 Å². The van der Waals surface area contributed by atoms with Crippen LogP contribution in [0.3, 0.4) is 0 Å². The molecule has 9 heteroatoms. The molecule has 0 spiro atoms. The van der Waals surface area contributed by atoms with Crippen LogP contribution >= 0.6 is 12.4 Å². The van der Waals surface area contributed by atoms with E-state index in [2.05, 4.69) is 15.6 Å². The highest BCUT2D eigenvalue weighted by atomic mass is 35.5. The number of fused-ring (bicyclic) bond motifs is 1. The first-order valence-corrected chi connectivity index (χ1v) is 6.46. The molecule has 1 aliphatic heterocycles. The number of benzene rings is 1. The highest BCUT2D eigenvalue weighted by Crippen LogP contribution is 2.32. The molecule has 0 saturated heterocycles. The van der Waals surface area contributed by atoms with Crippen molar-refractivity contribution in [2.75, 3.05) is 27.1 Å². The number of methoxy groups -OCH3 is 1. The van der Waals surface area contributed by atoms with Crippen LogP contribution < -0.4 is 25.8 Å². The van der Waals surface area contributed by atoms with Gasteiger partial charge in [0.15, 0.2) is 23.4 Å². The average molecular weight is 330 g/mol. The summed E-state index contributed by atoms with van der Waals surface area (Å²) in [5.41, 5.74) is 6.33. The Morgan fingerprint density at radius 2 is 2.18 bits per heavy atom. The average Bonchev–Trinajstić information content (AvgIpc) is 2.91. The molecule has 0 radical (unpaired) electrons. The third kappa shape index (κ3) is 5.30. The predicted octanol–water partition coefficient (Wildman–Crippen LogP) is 0.412. The fourth-order valence-electron chi connectivity index (χ4n) is 1.75. The number of aliphatic imine (C=N–C) groups is 1. The Morgan fingerprint density at radius 1 is 1.41 bits per heavy atom. The van der Waals surface area contributed by atoms with Gasteiger partial charge in [-0.15, -0.1) is 12.4 Å². The quantitative estimate of drug-likeness (QED) is 0.353. The Labute approximate surface area is 134 Å². The van der Waals surface area contributed by atoms with Gasteiger partial charge in [0.25, 0.3) is 0 Å². The summed E-state index contributed by atoms with van der Waals surface area (Å²) in [4.78, 5) is 4.23. The lowest BCUT2D eigenvalue weighted by molar-refractivity contribution is 0.174. The van der Waals surface area contributed by atoms with E-state index in [1.807, 2.05) is 18.2 Å². The standard InChI is InChI=1S/C13H19N5O3.ClH/c1-19-5-4-16-13(18-12(14)15)17-7-9-2-3-10-11(6-9)21-8-20-10;/h2-3,6H,4-5,7-8H2,1H3,(H5,14,15,16,17,18);1H. The molecular formula is C13H20ClN5O3. The number of halogens is 1. The van der Waals surface area contributed by atoms with E-state index in [-0.39, 0.29) is 25.2 Å². The fourth-order valence-corrected chi connectivity index (χ4v) is 1.75. The van der Waals surface area contributed by atoms with Gasteiger partial charge in [-0.1, -0.05) is 6.07 Å². The first-order chi connectivity index (χ1) is 10.2. The molecule has 1 aliphatic rings. The minimum absolute atomic E-state index is 0. The molecule has 0 aliphatic carbocycles. The second-order valence-electron chi connectivity index (χ2n) is 4.30. The molecular weight excluding hydrogens is 310 g/mol. The van der Waals surface area contributed by atoms with Crippen LogP contribution in [0.4, 0.5) is 0 Å². The molecule has 0 saturated carbocycles. The maximum atomic E-state index is 7.27. The van der Waals surface area contributed by atoms with Gasteiger partial charge in [-0.2, -0.15) is 0 Å². The maximum Gasteiger partial charge on any atom is 0.231 e. The van der Waals surface area contributed by atoms with Gasteiger partial charge in [-0.3, -0.25) is 15.7 Å². The van der Waals surface area contributed by atoms with Crippen molar-refractivity contribution in [2.24, 2.45) is 10.7 Å². The summed E-state index contributed by atoms with van der Waals surface area (Å²) < 4.78 is 15.5. The van der Waals surface area contributed by atoms with Crippen LogP contribution in [0.5, 0.6) is 11.5 Å². The van der Waals surface area contributed by atoms with Crippen LogP contribution in [0.1, 0.15) is 5.56 Å². The number of hydrogen-bond acceptors (Lipinski definition) is 5. The first-order valence-electron chi connectivity index (χ1n) is 6.46. The maximum absolute atomic E-state index is 7.27. The van der Waals surface area contributed by atoms with E-state index in [4.69, 9.17) is 25.4 Å². The molecule has 2 rings (SSSR count). The Bertz CT molecular complexity index is 538. The Hall–Kier alpha value is -2.19. The van der Waals surface area contributed by atoms with E-state index < -0.39 is 0 Å². The Morgan fingerprint density at radius 3 is 2.91 bits per heavy atom. The molecule has 0 aromatic heterocycles. The number of guanidine groups is 2. The molecule has 122 valence electrons. The van der Waals surface area contributed by atoms with Crippen LogP contribution in [0.15, 0.2) is 23.2 Å². The van der Waals surface area contributed by atoms with Crippen molar-refractivity contribution in [3.05, 3.63) is 23.8 Å². The molecule has 8 nitrogen and oxygen atoms in total. The SMILES string of the molecule is COCCN=C(NCc1ccc2c(c1)OCO2)NC(=N)N.Cl. The molecule has 0 fully saturated rings. The van der Waals surface area contributed by atoms with Crippen LogP contribution in [0.2, 0.25) is 0 Å². The number of nitrogens with one attached hydrogen (secondary N) is 3. The second kappa shape index (κ2) is 8.96. The van der Waals surface area contributed by atoms with Gasteiger partial charge in [0.2, 0.25) is 6.79 Å². The zero-order valence-electron chi connectivity index (χ0n) is 12.2. The number of hydrogen-bond donors (Lipinski definition) is 4. The summed E-state index contributed by atoms with van der Waals surface area (Å²) in [7, 11) is 1.60. The first kappa shape index (κ1) is 17.9. The molecule has 0 unspecified atom stereocenters. The van der Waals surface area contributed by atoms with E-state index in [0.29, 0.717) is 25.7 Å². The lowest BCUT2D eigenvalue weighted by atomic mass is 10.2. The zero-order valence-corrected chi connectivity index (χ0v) is 13.0. The number of nitrogens with zero attached hydrogens (tertiary/aromatic N) is 1. The van der Waals surface area contributed by atoms with Crippen LogP contribution in [-0.4, -0.2) is 39.0 Å². The van der Waals surface area contributed by atoms with E-state index in [1.165, 1.54) is 0 Å². The van der Waals surface area contributed by atoms with Gasteiger partial charge in [0.05, 0.1) is 13.2 Å². The van der Waals surface area contributed by atoms with Crippen molar-refractivity contribution in [3.63, 3.8) is 0 Å². The van der Waals surface area contributed by atoms with Crippen molar-refractivity contribution < 1.29 is 14.2 Å². The summed E-state index contributed by atoms with van der Waals surface area (Å²) in [6, 6.07) is 5.69. The summed E-state index contributed by atoms with van der Waals surface area (Å²) in [5.74, 6) is 1.72. The molecule has 0 bridgehead atoms. The van der Waals surface area contributed by atoms with Crippen molar-refractivity contribution in [3.8, 4) is 11.5 Å². The van der Waals surface area contributed by atoms with Gasteiger partial charge in [0, 0.05) is 13.7 Å². The van der Waals surface area contributed by atoms with Crippen LogP contribution in [0.25, 0.3) is 0 Å². The molecule has 1 aromatic rings. The topological polar surface area (TPSA) is 114 Å². The van der Waals surface area contributed by atoms with E-state index >= 15 is 0 Å². The van der Waals surface area contributed by atoms with E-state index in [0.717, 1.165) is 17.1 Å². The predicted molar refractivity (Wildman–Crippen MR) is 85.9 cm³/mol. The lowest BCUT2D eigenvalue weighted by Gasteiger charge is -2.11. The number of ether oxygens (including phenoxy) is 3. The molecule has 0 atom stereocenters. The smallest absolute Gasteiger partial charge is 0.231 e.